The van der Waals surface area contributed by atoms with Gasteiger partial charge in [0.1, 0.15) is 0 Å². The zero-order chi connectivity index (χ0) is 13.9. The molecule has 0 aliphatic carbocycles. The van der Waals surface area contributed by atoms with Gasteiger partial charge in [0.25, 0.3) is 0 Å². The SMILES string of the molecule is CCOC(=O)c1cc2ccccc2nc1-c1ccsc1. The minimum atomic E-state index is -0.327. The lowest BCUT2D eigenvalue weighted by Gasteiger charge is -2.09. The Balaban J connectivity index is 2.23. The van der Waals surface area contributed by atoms with Crippen LogP contribution in [0.1, 0.15) is 17.3 Å². The second kappa shape index (κ2) is 5.43. The lowest BCUT2D eigenvalue weighted by Crippen LogP contribution is -2.07. The van der Waals surface area contributed by atoms with Gasteiger partial charge in [0, 0.05) is 16.3 Å². The number of hydrogen-bond acceptors (Lipinski definition) is 4. The van der Waals surface area contributed by atoms with Crippen LogP contribution in [0.15, 0.2) is 47.2 Å². The van der Waals surface area contributed by atoms with Gasteiger partial charge in [-0.05, 0) is 30.5 Å². The number of nitrogens with zero attached hydrogens (tertiary/aromatic N) is 1. The summed E-state index contributed by atoms with van der Waals surface area (Å²) in [7, 11) is 0. The fraction of sp³-hybridized carbons (Fsp3) is 0.125. The van der Waals surface area contributed by atoms with Gasteiger partial charge in [0.15, 0.2) is 0 Å². The first-order valence-electron chi connectivity index (χ1n) is 6.39. The number of pyridine rings is 1. The highest BCUT2D eigenvalue weighted by Gasteiger charge is 2.17. The van der Waals surface area contributed by atoms with Crippen molar-refractivity contribution in [1.29, 1.82) is 0 Å². The first-order chi connectivity index (χ1) is 9.79. The van der Waals surface area contributed by atoms with Crippen molar-refractivity contribution in [2.24, 2.45) is 0 Å². The average molecular weight is 283 g/mol. The van der Waals surface area contributed by atoms with Crippen molar-refractivity contribution in [3.05, 3.63) is 52.7 Å². The van der Waals surface area contributed by atoms with E-state index in [-0.39, 0.29) is 5.97 Å². The molecule has 3 rings (SSSR count). The van der Waals surface area contributed by atoms with E-state index in [9.17, 15) is 4.79 Å². The minimum absolute atomic E-state index is 0.327. The zero-order valence-corrected chi connectivity index (χ0v) is 11.8. The molecule has 20 heavy (non-hydrogen) atoms. The van der Waals surface area contributed by atoms with Gasteiger partial charge in [-0.15, -0.1) is 0 Å². The highest BCUT2D eigenvalue weighted by atomic mass is 32.1. The molecule has 0 unspecified atom stereocenters. The van der Waals surface area contributed by atoms with Crippen LogP contribution in [-0.2, 0) is 4.74 Å². The predicted molar refractivity (Wildman–Crippen MR) is 81.0 cm³/mol. The number of ether oxygens (including phenoxy) is 1. The van der Waals surface area contributed by atoms with Crippen LogP contribution < -0.4 is 0 Å². The van der Waals surface area contributed by atoms with Crippen molar-refractivity contribution in [3.63, 3.8) is 0 Å². The normalized spacial score (nSPS) is 10.7. The second-order valence-corrected chi connectivity index (χ2v) is 5.09. The molecule has 2 aromatic heterocycles. The van der Waals surface area contributed by atoms with Crippen LogP contribution in [0.4, 0.5) is 0 Å². The standard InChI is InChI=1S/C16H13NO2S/c1-2-19-16(18)13-9-11-5-3-4-6-14(11)17-15(13)12-7-8-20-10-12/h3-10H,2H2,1H3. The van der Waals surface area contributed by atoms with E-state index in [0.717, 1.165) is 16.5 Å². The Bertz CT molecular complexity index is 750. The molecule has 0 amide bonds. The molecule has 0 radical (unpaired) electrons. The molecular weight excluding hydrogens is 270 g/mol. The molecule has 0 fully saturated rings. The maximum absolute atomic E-state index is 12.1. The molecule has 1 aromatic carbocycles. The van der Waals surface area contributed by atoms with Gasteiger partial charge in [-0.3, -0.25) is 0 Å². The van der Waals surface area contributed by atoms with Crippen molar-refractivity contribution in [1.82, 2.24) is 4.98 Å². The number of aromatic nitrogens is 1. The van der Waals surface area contributed by atoms with E-state index >= 15 is 0 Å². The molecule has 3 aromatic rings. The predicted octanol–water partition coefficient (Wildman–Crippen LogP) is 4.14. The number of esters is 1. The Kier molecular flexibility index (Phi) is 3.48. The van der Waals surface area contributed by atoms with E-state index in [1.54, 1.807) is 18.3 Å². The summed E-state index contributed by atoms with van der Waals surface area (Å²) in [6.45, 7) is 2.16. The minimum Gasteiger partial charge on any atom is -0.462 e. The molecule has 0 aliphatic rings. The summed E-state index contributed by atoms with van der Waals surface area (Å²) in [5.74, 6) is -0.327. The van der Waals surface area contributed by atoms with Crippen molar-refractivity contribution in [3.8, 4) is 11.3 Å². The third-order valence-electron chi connectivity index (χ3n) is 3.01. The number of rotatable bonds is 3. The smallest absolute Gasteiger partial charge is 0.340 e. The van der Waals surface area contributed by atoms with Gasteiger partial charge in [-0.25, -0.2) is 9.78 Å². The van der Waals surface area contributed by atoms with Crippen LogP contribution in [-0.4, -0.2) is 17.6 Å². The molecule has 100 valence electrons. The number of hydrogen-bond donors (Lipinski definition) is 0. The van der Waals surface area contributed by atoms with Gasteiger partial charge in [-0.1, -0.05) is 18.2 Å². The number of carbonyl (C=O) groups excluding carboxylic acids is 1. The summed E-state index contributed by atoms with van der Waals surface area (Å²) in [4.78, 5) is 16.8. The van der Waals surface area contributed by atoms with E-state index < -0.39 is 0 Å². The summed E-state index contributed by atoms with van der Waals surface area (Å²) in [5, 5.41) is 4.90. The molecule has 0 saturated carbocycles. The first kappa shape index (κ1) is 12.8. The van der Waals surface area contributed by atoms with Gasteiger partial charge < -0.3 is 4.74 Å². The molecule has 0 atom stereocenters. The van der Waals surface area contributed by atoms with Gasteiger partial charge in [0.05, 0.1) is 23.4 Å². The van der Waals surface area contributed by atoms with Crippen LogP contribution in [0.3, 0.4) is 0 Å². The van der Waals surface area contributed by atoms with E-state index in [1.165, 1.54) is 0 Å². The Morgan fingerprint density at radius 3 is 2.90 bits per heavy atom. The Morgan fingerprint density at radius 2 is 2.15 bits per heavy atom. The topological polar surface area (TPSA) is 39.2 Å². The zero-order valence-electron chi connectivity index (χ0n) is 11.0. The van der Waals surface area contributed by atoms with Crippen LogP contribution in [0, 0.1) is 0 Å². The summed E-state index contributed by atoms with van der Waals surface area (Å²) in [6, 6.07) is 11.6. The average Bonchev–Trinajstić information content (AvgIpc) is 3.00. The third kappa shape index (κ3) is 2.30. The summed E-state index contributed by atoms with van der Waals surface area (Å²) in [6.07, 6.45) is 0. The highest BCUT2D eigenvalue weighted by molar-refractivity contribution is 7.08. The largest absolute Gasteiger partial charge is 0.462 e. The maximum atomic E-state index is 12.1. The first-order valence-corrected chi connectivity index (χ1v) is 7.33. The summed E-state index contributed by atoms with van der Waals surface area (Å²) < 4.78 is 5.14. The van der Waals surface area contributed by atoms with Gasteiger partial charge in [0.2, 0.25) is 0 Å². The van der Waals surface area contributed by atoms with Crippen LogP contribution in [0.5, 0.6) is 0 Å². The van der Waals surface area contributed by atoms with Crippen molar-refractivity contribution < 1.29 is 9.53 Å². The quantitative estimate of drug-likeness (QED) is 0.678. The van der Waals surface area contributed by atoms with Crippen molar-refractivity contribution >= 4 is 28.2 Å². The Morgan fingerprint density at radius 1 is 1.30 bits per heavy atom. The molecule has 0 spiro atoms. The Hall–Kier alpha value is -2.20. The molecule has 2 heterocycles. The number of carbonyl (C=O) groups is 1. The van der Waals surface area contributed by atoms with Crippen LogP contribution in [0.2, 0.25) is 0 Å². The molecule has 0 aliphatic heterocycles. The Labute approximate surface area is 120 Å². The highest BCUT2D eigenvalue weighted by Crippen LogP contribution is 2.27. The molecule has 4 heteroatoms. The van der Waals surface area contributed by atoms with Crippen molar-refractivity contribution in [2.45, 2.75) is 6.92 Å². The lowest BCUT2D eigenvalue weighted by atomic mass is 10.1. The molecule has 0 bridgehead atoms. The third-order valence-corrected chi connectivity index (χ3v) is 3.70. The van der Waals surface area contributed by atoms with E-state index in [2.05, 4.69) is 4.98 Å². The molecule has 0 saturated heterocycles. The maximum Gasteiger partial charge on any atom is 0.340 e. The van der Waals surface area contributed by atoms with Gasteiger partial charge >= 0.3 is 5.97 Å². The lowest BCUT2D eigenvalue weighted by molar-refractivity contribution is 0.0527. The fourth-order valence-electron chi connectivity index (χ4n) is 2.10. The number of fused-ring (bicyclic) bond motifs is 1. The number of para-hydroxylation sites is 1. The molecular formula is C16H13NO2S. The molecule has 0 N–H and O–H groups in total. The van der Waals surface area contributed by atoms with Crippen LogP contribution >= 0.6 is 11.3 Å². The summed E-state index contributed by atoms with van der Waals surface area (Å²) >= 11 is 1.58. The summed E-state index contributed by atoms with van der Waals surface area (Å²) in [5.41, 5.74) is 3.03. The number of benzene rings is 1. The monoisotopic (exact) mass is 283 g/mol. The number of thiophene rings is 1. The molecule has 3 nitrogen and oxygen atoms in total. The van der Waals surface area contributed by atoms with E-state index in [1.807, 2.05) is 47.2 Å². The van der Waals surface area contributed by atoms with E-state index in [4.69, 9.17) is 4.74 Å². The van der Waals surface area contributed by atoms with E-state index in [0.29, 0.717) is 17.9 Å². The second-order valence-electron chi connectivity index (χ2n) is 4.31. The van der Waals surface area contributed by atoms with Gasteiger partial charge in [-0.2, -0.15) is 11.3 Å². The van der Waals surface area contributed by atoms with Crippen LogP contribution in [0.25, 0.3) is 22.2 Å². The fourth-order valence-corrected chi connectivity index (χ4v) is 2.74. The van der Waals surface area contributed by atoms with Crippen molar-refractivity contribution in [2.75, 3.05) is 6.61 Å².